The molecule has 1 spiro atoms. The zero-order chi connectivity index (χ0) is 16.4. The van der Waals surface area contributed by atoms with Gasteiger partial charge in [0.15, 0.2) is 0 Å². The van der Waals surface area contributed by atoms with E-state index in [9.17, 15) is 14.9 Å². The predicted octanol–water partition coefficient (Wildman–Crippen LogP) is 1.82. The highest BCUT2D eigenvalue weighted by atomic mass is 16.6. The van der Waals surface area contributed by atoms with Crippen molar-refractivity contribution >= 4 is 11.6 Å². The fraction of sp³-hybridized carbons (Fsp3) is 0.562. The maximum absolute atomic E-state index is 12.7. The maximum Gasteiger partial charge on any atom is 0.282 e. The first-order valence-electron chi connectivity index (χ1n) is 7.87. The molecule has 7 heteroatoms. The number of methoxy groups -OCH3 is 1. The molecule has 1 aromatic rings. The summed E-state index contributed by atoms with van der Waals surface area (Å²) in [6.45, 7) is 3.34. The topological polar surface area (TPSA) is 84.7 Å². The normalized spacial score (nSPS) is 19.8. The van der Waals surface area contributed by atoms with E-state index in [0.717, 1.165) is 32.4 Å². The number of nitro benzene ring substituents is 1. The van der Waals surface area contributed by atoms with Gasteiger partial charge in [0, 0.05) is 25.7 Å². The van der Waals surface area contributed by atoms with E-state index < -0.39 is 4.92 Å². The van der Waals surface area contributed by atoms with Crippen LogP contribution in [0, 0.1) is 15.5 Å². The number of likely N-dealkylation sites (tertiary alicyclic amines) is 1. The molecule has 0 radical (unpaired) electrons. The minimum absolute atomic E-state index is 0.106. The van der Waals surface area contributed by atoms with Crippen molar-refractivity contribution in [3.63, 3.8) is 0 Å². The summed E-state index contributed by atoms with van der Waals surface area (Å²) >= 11 is 0. The van der Waals surface area contributed by atoms with Gasteiger partial charge in [0.25, 0.3) is 11.6 Å². The number of nitrogens with one attached hydrogen (secondary N) is 1. The Bertz CT molecular complexity index is 616. The number of carbonyl (C=O) groups is 1. The molecule has 2 aliphatic heterocycles. The van der Waals surface area contributed by atoms with Crippen LogP contribution in [0.1, 0.15) is 29.6 Å². The smallest absolute Gasteiger partial charge is 0.282 e. The van der Waals surface area contributed by atoms with Crippen LogP contribution in [0.3, 0.4) is 0 Å². The highest BCUT2D eigenvalue weighted by molar-refractivity contribution is 5.98. The van der Waals surface area contributed by atoms with Gasteiger partial charge in [-0.2, -0.15) is 0 Å². The molecule has 0 atom stereocenters. The van der Waals surface area contributed by atoms with Gasteiger partial charge in [0.2, 0.25) is 0 Å². The Morgan fingerprint density at radius 2 is 2.09 bits per heavy atom. The minimum Gasteiger partial charge on any atom is -0.497 e. The zero-order valence-corrected chi connectivity index (χ0v) is 13.2. The molecule has 0 aliphatic carbocycles. The summed E-state index contributed by atoms with van der Waals surface area (Å²) in [5.41, 5.74) is 0.241. The summed E-state index contributed by atoms with van der Waals surface area (Å²) in [4.78, 5) is 25.2. The lowest BCUT2D eigenvalue weighted by Crippen LogP contribution is -2.44. The van der Waals surface area contributed by atoms with Gasteiger partial charge in [0.05, 0.1) is 12.0 Å². The van der Waals surface area contributed by atoms with Crippen molar-refractivity contribution in [2.24, 2.45) is 5.41 Å². The molecule has 0 aromatic heterocycles. The average Bonchev–Trinajstić information content (AvgIpc) is 3.02. The lowest BCUT2D eigenvalue weighted by Gasteiger charge is -2.38. The number of ether oxygens (including phenoxy) is 1. The largest absolute Gasteiger partial charge is 0.497 e. The summed E-state index contributed by atoms with van der Waals surface area (Å²) in [7, 11) is 1.48. The molecule has 124 valence electrons. The van der Waals surface area contributed by atoms with Gasteiger partial charge in [-0.25, -0.2) is 0 Å². The standard InChI is InChI=1S/C16H21N3O4/c1-23-12-2-3-14(19(21)22)13(10-12)15(20)18-8-5-16(6-9-18)4-7-17-11-16/h2-3,10,17H,4-9,11H2,1H3. The van der Waals surface area contributed by atoms with Crippen LogP contribution >= 0.6 is 0 Å². The molecule has 0 bridgehead atoms. The molecule has 0 saturated carbocycles. The van der Waals surface area contributed by atoms with Gasteiger partial charge in [0.1, 0.15) is 11.3 Å². The third-order valence-corrected chi connectivity index (χ3v) is 5.07. The highest BCUT2D eigenvalue weighted by Crippen LogP contribution is 2.37. The Morgan fingerprint density at radius 3 is 2.65 bits per heavy atom. The number of nitro groups is 1. The molecule has 2 saturated heterocycles. The monoisotopic (exact) mass is 319 g/mol. The van der Waals surface area contributed by atoms with Gasteiger partial charge in [-0.15, -0.1) is 0 Å². The van der Waals surface area contributed by atoms with E-state index in [1.165, 1.54) is 25.3 Å². The fourth-order valence-corrected chi connectivity index (χ4v) is 3.55. The van der Waals surface area contributed by atoms with Crippen LogP contribution in [0.2, 0.25) is 0 Å². The van der Waals surface area contributed by atoms with Crippen LogP contribution in [-0.2, 0) is 0 Å². The van der Waals surface area contributed by atoms with Gasteiger partial charge in [-0.3, -0.25) is 14.9 Å². The Morgan fingerprint density at radius 1 is 1.35 bits per heavy atom. The second kappa shape index (κ2) is 6.16. The third kappa shape index (κ3) is 3.01. The molecule has 1 aromatic carbocycles. The summed E-state index contributed by atoms with van der Waals surface area (Å²) in [6.07, 6.45) is 3.04. The Labute approximate surface area is 134 Å². The molecule has 1 amide bonds. The van der Waals surface area contributed by atoms with Crippen molar-refractivity contribution in [3.05, 3.63) is 33.9 Å². The van der Waals surface area contributed by atoms with Crippen LogP contribution in [0.4, 0.5) is 5.69 Å². The minimum atomic E-state index is -0.515. The first-order valence-corrected chi connectivity index (χ1v) is 7.87. The Kier molecular flexibility index (Phi) is 4.21. The quantitative estimate of drug-likeness (QED) is 0.678. The molecule has 23 heavy (non-hydrogen) atoms. The number of benzene rings is 1. The molecule has 0 unspecified atom stereocenters. The van der Waals surface area contributed by atoms with Crippen molar-refractivity contribution in [1.82, 2.24) is 10.2 Å². The molecule has 7 nitrogen and oxygen atoms in total. The van der Waals surface area contributed by atoms with E-state index >= 15 is 0 Å². The van der Waals surface area contributed by atoms with E-state index in [1.54, 1.807) is 4.90 Å². The molecule has 2 heterocycles. The summed E-state index contributed by atoms with van der Waals surface area (Å²) in [5.74, 6) is 0.170. The number of piperidine rings is 1. The Balaban J connectivity index is 1.79. The van der Waals surface area contributed by atoms with E-state index in [0.29, 0.717) is 24.3 Å². The highest BCUT2D eigenvalue weighted by Gasteiger charge is 2.39. The van der Waals surface area contributed by atoms with Crippen LogP contribution in [0.15, 0.2) is 18.2 Å². The SMILES string of the molecule is COc1ccc([N+](=O)[O-])c(C(=O)N2CCC3(CCNC3)CC2)c1. The lowest BCUT2D eigenvalue weighted by molar-refractivity contribution is -0.385. The van der Waals surface area contributed by atoms with Crippen LogP contribution in [-0.4, -0.2) is 49.0 Å². The molecular weight excluding hydrogens is 298 g/mol. The maximum atomic E-state index is 12.7. The van der Waals surface area contributed by atoms with E-state index in [2.05, 4.69) is 5.32 Å². The van der Waals surface area contributed by atoms with Gasteiger partial charge in [-0.05, 0) is 43.4 Å². The number of hydrogen-bond donors (Lipinski definition) is 1. The van der Waals surface area contributed by atoms with E-state index in [-0.39, 0.29) is 17.2 Å². The van der Waals surface area contributed by atoms with Crippen molar-refractivity contribution in [1.29, 1.82) is 0 Å². The third-order valence-electron chi connectivity index (χ3n) is 5.07. The van der Waals surface area contributed by atoms with Gasteiger partial charge >= 0.3 is 0 Å². The fourth-order valence-electron chi connectivity index (χ4n) is 3.55. The van der Waals surface area contributed by atoms with Gasteiger partial charge < -0.3 is 15.0 Å². The second-order valence-electron chi connectivity index (χ2n) is 6.36. The van der Waals surface area contributed by atoms with Crippen LogP contribution < -0.4 is 10.1 Å². The van der Waals surface area contributed by atoms with Crippen molar-refractivity contribution in [2.45, 2.75) is 19.3 Å². The van der Waals surface area contributed by atoms with Crippen molar-refractivity contribution in [2.75, 3.05) is 33.3 Å². The zero-order valence-electron chi connectivity index (χ0n) is 13.2. The first kappa shape index (κ1) is 15.7. The lowest BCUT2D eigenvalue weighted by atomic mass is 9.78. The molecule has 2 fully saturated rings. The number of carbonyl (C=O) groups excluding carboxylic acids is 1. The van der Waals surface area contributed by atoms with Crippen molar-refractivity contribution in [3.8, 4) is 5.75 Å². The summed E-state index contributed by atoms with van der Waals surface area (Å²) < 4.78 is 5.10. The molecule has 3 rings (SSSR count). The summed E-state index contributed by atoms with van der Waals surface area (Å²) in [6, 6.07) is 4.30. The predicted molar refractivity (Wildman–Crippen MR) is 84.7 cm³/mol. The molecule has 2 aliphatic rings. The number of rotatable bonds is 3. The van der Waals surface area contributed by atoms with Gasteiger partial charge in [-0.1, -0.05) is 0 Å². The number of nitrogens with zero attached hydrogens (tertiary/aromatic N) is 2. The number of amides is 1. The number of hydrogen-bond acceptors (Lipinski definition) is 5. The Hall–Kier alpha value is -2.15. The summed E-state index contributed by atoms with van der Waals surface area (Å²) in [5, 5.41) is 14.6. The van der Waals surface area contributed by atoms with E-state index in [4.69, 9.17) is 4.74 Å². The first-order chi connectivity index (χ1) is 11.0. The molecular formula is C16H21N3O4. The molecule has 1 N–H and O–H groups in total. The van der Waals surface area contributed by atoms with Crippen LogP contribution in [0.5, 0.6) is 5.75 Å². The van der Waals surface area contributed by atoms with Crippen LogP contribution in [0.25, 0.3) is 0 Å². The second-order valence-corrected chi connectivity index (χ2v) is 6.36. The average molecular weight is 319 g/mol. The van der Waals surface area contributed by atoms with E-state index in [1.807, 2.05) is 0 Å². The van der Waals surface area contributed by atoms with Crippen molar-refractivity contribution < 1.29 is 14.5 Å².